The Labute approximate surface area is 78.3 Å². The summed E-state index contributed by atoms with van der Waals surface area (Å²) in [4.78, 5) is 10.2. The highest BCUT2D eigenvalue weighted by atomic mass is 35.5. The van der Waals surface area contributed by atoms with Gasteiger partial charge in [0.05, 0.1) is 7.14 Å². The standard InChI is InChI=1S/C6H14NO3P.ClH/c1-11(2,10)4-3-5(7)6(8)9;/h5H,3-4,7H2,1-2H3,(H,8,9);1H/t5-;/m0./s1. The molecule has 0 heterocycles. The largest absolute Gasteiger partial charge is 0.480 e. The van der Waals surface area contributed by atoms with Crippen molar-refractivity contribution in [1.29, 1.82) is 0 Å². The van der Waals surface area contributed by atoms with E-state index in [2.05, 4.69) is 0 Å². The number of rotatable bonds is 4. The van der Waals surface area contributed by atoms with Gasteiger partial charge in [0, 0.05) is 6.16 Å². The Bertz CT molecular complexity index is 191. The summed E-state index contributed by atoms with van der Waals surface area (Å²) in [5.74, 6) is -1.03. The minimum absolute atomic E-state index is 0. The third kappa shape index (κ3) is 8.05. The van der Waals surface area contributed by atoms with E-state index in [-0.39, 0.29) is 12.4 Å². The van der Waals surface area contributed by atoms with Gasteiger partial charge < -0.3 is 15.4 Å². The minimum Gasteiger partial charge on any atom is -0.480 e. The number of carbonyl (C=O) groups is 1. The molecular weight excluding hydrogens is 200 g/mol. The first kappa shape index (κ1) is 14.5. The van der Waals surface area contributed by atoms with Gasteiger partial charge in [-0.3, -0.25) is 4.79 Å². The fraction of sp³-hybridized carbons (Fsp3) is 0.833. The summed E-state index contributed by atoms with van der Waals surface area (Å²) < 4.78 is 11.1. The summed E-state index contributed by atoms with van der Waals surface area (Å²) in [5, 5.41) is 8.36. The van der Waals surface area contributed by atoms with E-state index in [0.717, 1.165) is 0 Å². The van der Waals surface area contributed by atoms with E-state index in [4.69, 9.17) is 10.8 Å². The topological polar surface area (TPSA) is 80.4 Å². The van der Waals surface area contributed by atoms with Crippen LogP contribution in [0.4, 0.5) is 0 Å². The van der Waals surface area contributed by atoms with Crippen molar-refractivity contribution in [1.82, 2.24) is 0 Å². The van der Waals surface area contributed by atoms with Gasteiger partial charge in [-0.05, 0) is 19.8 Å². The number of carboxylic acid groups (broad SMARTS) is 1. The Kier molecular flexibility index (Phi) is 6.72. The molecule has 0 unspecified atom stereocenters. The molecule has 0 aromatic rings. The summed E-state index contributed by atoms with van der Waals surface area (Å²) in [6, 6.07) is -0.872. The van der Waals surface area contributed by atoms with E-state index in [1.54, 1.807) is 13.3 Å². The molecular formula is C6H15ClNO3P. The average molecular weight is 216 g/mol. The van der Waals surface area contributed by atoms with Crippen LogP contribution < -0.4 is 5.73 Å². The van der Waals surface area contributed by atoms with Gasteiger partial charge in [0.2, 0.25) is 0 Å². The van der Waals surface area contributed by atoms with E-state index in [0.29, 0.717) is 12.6 Å². The van der Waals surface area contributed by atoms with Crippen molar-refractivity contribution >= 4 is 25.5 Å². The molecule has 0 aliphatic heterocycles. The quantitative estimate of drug-likeness (QED) is 0.681. The van der Waals surface area contributed by atoms with E-state index in [9.17, 15) is 9.36 Å². The van der Waals surface area contributed by atoms with Crippen LogP contribution in [0, 0.1) is 0 Å². The molecule has 0 aliphatic rings. The second kappa shape index (κ2) is 5.57. The van der Waals surface area contributed by atoms with Gasteiger partial charge in [-0.1, -0.05) is 0 Å². The molecule has 0 saturated carbocycles. The molecule has 0 bridgehead atoms. The lowest BCUT2D eigenvalue weighted by molar-refractivity contribution is -0.138. The molecule has 0 aliphatic carbocycles. The maximum absolute atomic E-state index is 11.1. The van der Waals surface area contributed by atoms with Crippen LogP contribution in [0.2, 0.25) is 0 Å². The molecule has 6 heteroatoms. The first-order valence-electron chi connectivity index (χ1n) is 3.35. The molecule has 0 rings (SSSR count). The van der Waals surface area contributed by atoms with Crippen LogP contribution in [0.15, 0.2) is 0 Å². The van der Waals surface area contributed by atoms with E-state index in [1.807, 2.05) is 0 Å². The molecule has 74 valence electrons. The van der Waals surface area contributed by atoms with Crippen molar-refractivity contribution in [2.45, 2.75) is 12.5 Å². The number of aliphatic carboxylic acids is 1. The van der Waals surface area contributed by atoms with Crippen molar-refractivity contribution in [3.05, 3.63) is 0 Å². The normalized spacial score (nSPS) is 13.2. The summed E-state index contributed by atoms with van der Waals surface area (Å²) >= 11 is 0. The van der Waals surface area contributed by atoms with Crippen LogP contribution in [0.25, 0.3) is 0 Å². The highest BCUT2D eigenvalue weighted by Gasteiger charge is 2.15. The fourth-order valence-corrected chi connectivity index (χ4v) is 1.47. The maximum Gasteiger partial charge on any atom is 0.320 e. The highest BCUT2D eigenvalue weighted by Crippen LogP contribution is 2.36. The zero-order chi connectivity index (χ0) is 9.07. The molecule has 0 radical (unpaired) electrons. The first-order chi connectivity index (χ1) is 4.83. The molecule has 3 N–H and O–H groups in total. The number of carboxylic acids is 1. The van der Waals surface area contributed by atoms with E-state index in [1.165, 1.54) is 0 Å². The minimum atomic E-state index is -2.10. The molecule has 0 amide bonds. The molecule has 0 aromatic heterocycles. The number of halogens is 1. The van der Waals surface area contributed by atoms with Crippen LogP contribution in [-0.2, 0) is 9.36 Å². The maximum atomic E-state index is 11.1. The van der Waals surface area contributed by atoms with Gasteiger partial charge in [-0.25, -0.2) is 0 Å². The Morgan fingerprint density at radius 1 is 1.58 bits per heavy atom. The predicted octanol–water partition coefficient (Wildman–Crippen LogP) is 0.833. The van der Waals surface area contributed by atoms with Gasteiger partial charge in [0.15, 0.2) is 0 Å². The Morgan fingerprint density at radius 2 is 2.00 bits per heavy atom. The zero-order valence-corrected chi connectivity index (χ0v) is 8.90. The summed E-state index contributed by atoms with van der Waals surface area (Å²) in [7, 11) is -2.10. The monoisotopic (exact) mass is 215 g/mol. The molecule has 0 saturated heterocycles. The number of nitrogens with two attached hydrogens (primary N) is 1. The number of hydrogen-bond acceptors (Lipinski definition) is 3. The second-order valence-corrected chi connectivity index (χ2v) is 6.63. The summed E-state index contributed by atoms with van der Waals surface area (Å²) in [6.07, 6.45) is 0.695. The van der Waals surface area contributed by atoms with Crippen LogP contribution in [0.5, 0.6) is 0 Å². The Hall–Kier alpha value is -0.0500. The molecule has 0 spiro atoms. The molecule has 0 aromatic carbocycles. The molecule has 0 fully saturated rings. The van der Waals surface area contributed by atoms with Gasteiger partial charge >= 0.3 is 5.97 Å². The van der Waals surface area contributed by atoms with Crippen molar-refractivity contribution in [2.24, 2.45) is 5.73 Å². The molecule has 12 heavy (non-hydrogen) atoms. The van der Waals surface area contributed by atoms with Crippen LogP contribution in [0.1, 0.15) is 6.42 Å². The number of hydrogen-bond donors (Lipinski definition) is 2. The smallest absolute Gasteiger partial charge is 0.320 e. The third-order valence-corrected chi connectivity index (χ3v) is 2.63. The van der Waals surface area contributed by atoms with Crippen LogP contribution in [-0.4, -0.2) is 36.6 Å². The van der Waals surface area contributed by atoms with Crippen LogP contribution in [0.3, 0.4) is 0 Å². The SMILES string of the molecule is CP(C)(=O)CC[C@H](N)C(=O)O.Cl. The van der Waals surface area contributed by atoms with Crippen molar-refractivity contribution in [3.8, 4) is 0 Å². The van der Waals surface area contributed by atoms with Crippen LogP contribution >= 0.6 is 19.5 Å². The van der Waals surface area contributed by atoms with E-state index < -0.39 is 19.2 Å². The van der Waals surface area contributed by atoms with Crippen molar-refractivity contribution in [3.63, 3.8) is 0 Å². The Morgan fingerprint density at radius 3 is 2.25 bits per heavy atom. The van der Waals surface area contributed by atoms with E-state index >= 15 is 0 Å². The highest BCUT2D eigenvalue weighted by molar-refractivity contribution is 7.62. The summed E-state index contributed by atoms with van der Waals surface area (Å²) in [6.45, 7) is 3.25. The van der Waals surface area contributed by atoms with Gasteiger partial charge in [0.25, 0.3) is 0 Å². The van der Waals surface area contributed by atoms with Crippen molar-refractivity contribution in [2.75, 3.05) is 19.5 Å². The van der Waals surface area contributed by atoms with Gasteiger partial charge in [0.1, 0.15) is 6.04 Å². The van der Waals surface area contributed by atoms with Gasteiger partial charge in [-0.15, -0.1) is 12.4 Å². The lowest BCUT2D eigenvalue weighted by Gasteiger charge is -2.08. The average Bonchev–Trinajstić information content (AvgIpc) is 1.80. The second-order valence-electron chi connectivity index (χ2n) is 3.03. The predicted molar refractivity (Wildman–Crippen MR) is 51.8 cm³/mol. The lowest BCUT2D eigenvalue weighted by Crippen LogP contribution is -2.30. The fourth-order valence-electron chi connectivity index (χ4n) is 0.573. The first-order valence-corrected chi connectivity index (χ1v) is 6.14. The molecule has 4 nitrogen and oxygen atoms in total. The Balaban J connectivity index is 0. The van der Waals surface area contributed by atoms with Gasteiger partial charge in [-0.2, -0.15) is 0 Å². The summed E-state index contributed by atoms with van der Waals surface area (Å²) in [5.41, 5.74) is 5.20. The van der Waals surface area contributed by atoms with Crippen molar-refractivity contribution < 1.29 is 14.5 Å². The zero-order valence-electron chi connectivity index (χ0n) is 7.19. The third-order valence-electron chi connectivity index (χ3n) is 1.30. The lowest BCUT2D eigenvalue weighted by atomic mass is 10.2. The molecule has 1 atom stereocenters.